The number of benzene rings is 4. The van der Waals surface area contributed by atoms with Crippen LogP contribution in [0.2, 0.25) is 0 Å². The molecule has 0 aromatic heterocycles. The summed E-state index contributed by atoms with van der Waals surface area (Å²) in [5, 5.41) is 2.96. The van der Waals surface area contributed by atoms with Crippen molar-refractivity contribution in [2.45, 2.75) is 50.7 Å². The highest BCUT2D eigenvalue weighted by atomic mass is 32.2. The quantitative estimate of drug-likeness (QED) is 0.204. The molecule has 0 heterocycles. The van der Waals surface area contributed by atoms with Crippen molar-refractivity contribution in [3.8, 4) is 5.75 Å². The third-order valence-corrected chi connectivity index (χ3v) is 8.73. The molecule has 1 N–H and O–H groups in total. The Labute approximate surface area is 260 Å². The lowest BCUT2D eigenvalue weighted by atomic mass is 10.0. The van der Waals surface area contributed by atoms with Crippen LogP contribution in [0.1, 0.15) is 31.9 Å². The van der Waals surface area contributed by atoms with Crippen LogP contribution in [-0.2, 0) is 32.6 Å². The van der Waals surface area contributed by atoms with E-state index in [4.69, 9.17) is 4.74 Å². The average Bonchev–Trinajstić information content (AvgIpc) is 3.03. The number of hydrogen-bond acceptors (Lipinski definition) is 5. The van der Waals surface area contributed by atoms with E-state index in [1.54, 1.807) is 42.5 Å². The van der Waals surface area contributed by atoms with Crippen LogP contribution in [0, 0.1) is 0 Å². The van der Waals surface area contributed by atoms with E-state index < -0.39 is 28.5 Å². The fraction of sp³-hybridized carbons (Fsp3) is 0.257. The van der Waals surface area contributed by atoms with Crippen LogP contribution in [0.5, 0.6) is 5.75 Å². The van der Waals surface area contributed by atoms with Crippen molar-refractivity contribution in [3.05, 3.63) is 126 Å². The first-order chi connectivity index (χ1) is 21.2. The topological polar surface area (TPSA) is 96.0 Å². The van der Waals surface area contributed by atoms with Gasteiger partial charge in [-0.2, -0.15) is 0 Å². The number of ether oxygens (including phenoxy) is 1. The van der Waals surface area contributed by atoms with E-state index in [9.17, 15) is 18.0 Å². The fourth-order valence-corrected chi connectivity index (χ4v) is 6.25. The molecule has 0 aliphatic carbocycles. The first-order valence-corrected chi connectivity index (χ1v) is 16.1. The molecule has 0 spiro atoms. The molecule has 2 amide bonds. The van der Waals surface area contributed by atoms with Crippen LogP contribution in [0.25, 0.3) is 0 Å². The third kappa shape index (κ3) is 8.48. The number of nitrogens with one attached hydrogen (secondary N) is 1. The van der Waals surface area contributed by atoms with Gasteiger partial charge in [0, 0.05) is 19.0 Å². The number of nitrogens with zero attached hydrogens (tertiary/aromatic N) is 2. The molecule has 4 rings (SSSR count). The van der Waals surface area contributed by atoms with Gasteiger partial charge in [-0.05, 0) is 68.3 Å². The Balaban J connectivity index is 1.76. The molecule has 1 atom stereocenters. The number of sulfonamides is 1. The SMILES string of the molecule is CCOc1ccc(S(=O)(=O)N(CC(=O)N(Cc2ccccc2)C(Cc2ccccc2)C(=O)NC(C)C)c2ccccc2)cc1. The van der Waals surface area contributed by atoms with E-state index in [2.05, 4.69) is 5.32 Å². The monoisotopic (exact) mass is 613 g/mol. The molecular formula is C35H39N3O5S. The van der Waals surface area contributed by atoms with Gasteiger partial charge in [-0.15, -0.1) is 0 Å². The third-order valence-electron chi connectivity index (χ3n) is 6.94. The van der Waals surface area contributed by atoms with Crippen molar-refractivity contribution in [3.63, 3.8) is 0 Å². The molecule has 0 aliphatic rings. The van der Waals surface area contributed by atoms with Crippen LogP contribution in [0.3, 0.4) is 0 Å². The lowest BCUT2D eigenvalue weighted by molar-refractivity contribution is -0.140. The minimum absolute atomic E-state index is 0.0191. The van der Waals surface area contributed by atoms with Crippen molar-refractivity contribution in [1.82, 2.24) is 10.2 Å². The Kier molecular flexibility index (Phi) is 11.2. The van der Waals surface area contributed by atoms with Crippen molar-refractivity contribution < 1.29 is 22.7 Å². The zero-order valence-corrected chi connectivity index (χ0v) is 26.1. The van der Waals surface area contributed by atoms with Gasteiger partial charge in [0.2, 0.25) is 11.8 Å². The van der Waals surface area contributed by atoms with E-state index in [0.717, 1.165) is 15.4 Å². The summed E-state index contributed by atoms with van der Waals surface area (Å²) in [7, 11) is -4.18. The summed E-state index contributed by atoms with van der Waals surface area (Å²) >= 11 is 0. The second kappa shape index (κ2) is 15.2. The van der Waals surface area contributed by atoms with Crippen molar-refractivity contribution in [2.24, 2.45) is 0 Å². The van der Waals surface area contributed by atoms with Gasteiger partial charge < -0.3 is 15.0 Å². The van der Waals surface area contributed by atoms with Gasteiger partial charge >= 0.3 is 0 Å². The molecule has 0 bridgehead atoms. The highest BCUT2D eigenvalue weighted by Crippen LogP contribution is 2.26. The Hall–Kier alpha value is -4.63. The Morgan fingerprint density at radius 3 is 1.86 bits per heavy atom. The minimum atomic E-state index is -4.18. The molecule has 4 aromatic rings. The Bertz CT molecular complexity index is 1600. The molecule has 230 valence electrons. The lowest BCUT2D eigenvalue weighted by Gasteiger charge is -2.34. The molecule has 0 radical (unpaired) electrons. The molecule has 1 unspecified atom stereocenters. The summed E-state index contributed by atoms with van der Waals surface area (Å²) < 4.78 is 34.8. The number of rotatable bonds is 14. The van der Waals surface area contributed by atoms with E-state index in [1.165, 1.54) is 17.0 Å². The summed E-state index contributed by atoms with van der Waals surface area (Å²) in [6.07, 6.45) is 0.259. The first kappa shape index (κ1) is 32.3. The van der Waals surface area contributed by atoms with Crippen LogP contribution >= 0.6 is 0 Å². The average molecular weight is 614 g/mol. The Morgan fingerprint density at radius 1 is 0.773 bits per heavy atom. The second-order valence-electron chi connectivity index (χ2n) is 10.6. The number of amides is 2. The second-order valence-corrected chi connectivity index (χ2v) is 12.5. The zero-order chi connectivity index (χ0) is 31.5. The molecule has 0 saturated heterocycles. The zero-order valence-electron chi connectivity index (χ0n) is 25.3. The van der Waals surface area contributed by atoms with Gasteiger partial charge in [0.25, 0.3) is 10.0 Å². The molecular weight excluding hydrogens is 574 g/mol. The first-order valence-electron chi connectivity index (χ1n) is 14.7. The van der Waals surface area contributed by atoms with Crippen molar-refractivity contribution in [1.29, 1.82) is 0 Å². The highest BCUT2D eigenvalue weighted by molar-refractivity contribution is 7.92. The molecule has 0 aliphatic heterocycles. The maximum atomic E-state index is 14.4. The molecule has 9 heteroatoms. The smallest absolute Gasteiger partial charge is 0.264 e. The maximum absolute atomic E-state index is 14.4. The fourth-order valence-electron chi connectivity index (χ4n) is 4.84. The van der Waals surface area contributed by atoms with E-state index >= 15 is 0 Å². The molecule has 0 saturated carbocycles. The van der Waals surface area contributed by atoms with Gasteiger partial charge in [-0.3, -0.25) is 13.9 Å². The van der Waals surface area contributed by atoms with Crippen LogP contribution < -0.4 is 14.4 Å². The minimum Gasteiger partial charge on any atom is -0.494 e. The van der Waals surface area contributed by atoms with E-state index in [-0.39, 0.29) is 29.8 Å². The lowest BCUT2D eigenvalue weighted by Crippen LogP contribution is -2.54. The van der Waals surface area contributed by atoms with Crippen molar-refractivity contribution >= 4 is 27.5 Å². The number of para-hydroxylation sites is 1. The van der Waals surface area contributed by atoms with Crippen LogP contribution in [0.4, 0.5) is 5.69 Å². The van der Waals surface area contributed by atoms with Gasteiger partial charge in [0.1, 0.15) is 18.3 Å². The van der Waals surface area contributed by atoms with E-state index in [0.29, 0.717) is 18.0 Å². The van der Waals surface area contributed by atoms with Crippen LogP contribution in [-0.4, -0.2) is 50.4 Å². The number of carbonyl (C=O) groups is 2. The largest absolute Gasteiger partial charge is 0.494 e. The number of anilines is 1. The molecule has 8 nitrogen and oxygen atoms in total. The highest BCUT2D eigenvalue weighted by Gasteiger charge is 2.34. The standard InChI is InChI=1S/C35H39N3O5S/c1-4-43-31-20-22-32(23-21-31)44(41,42)38(30-18-12-7-13-19-30)26-34(39)37(25-29-16-10-6-11-17-29)33(35(40)36-27(2)3)24-28-14-8-5-9-15-28/h5-23,27,33H,4,24-26H2,1-3H3,(H,36,40). The van der Waals surface area contributed by atoms with Crippen LogP contribution in [0.15, 0.2) is 120 Å². The summed E-state index contributed by atoms with van der Waals surface area (Å²) in [6, 6.07) is 32.4. The number of hydrogen-bond donors (Lipinski definition) is 1. The van der Waals surface area contributed by atoms with Gasteiger partial charge in [0.05, 0.1) is 17.2 Å². The summed E-state index contributed by atoms with van der Waals surface area (Å²) in [6.45, 7) is 5.63. The van der Waals surface area contributed by atoms with Gasteiger partial charge in [-0.1, -0.05) is 78.9 Å². The van der Waals surface area contributed by atoms with E-state index in [1.807, 2.05) is 81.4 Å². The molecule has 44 heavy (non-hydrogen) atoms. The summed E-state index contributed by atoms with van der Waals surface area (Å²) in [4.78, 5) is 29.6. The maximum Gasteiger partial charge on any atom is 0.264 e. The summed E-state index contributed by atoms with van der Waals surface area (Å²) in [5.41, 5.74) is 2.03. The predicted octanol–water partition coefficient (Wildman–Crippen LogP) is 5.45. The number of carbonyl (C=O) groups excluding carboxylic acids is 2. The van der Waals surface area contributed by atoms with Crippen molar-refractivity contribution in [2.75, 3.05) is 17.5 Å². The summed E-state index contributed by atoms with van der Waals surface area (Å²) in [5.74, 6) is -0.274. The molecule has 0 fully saturated rings. The van der Waals surface area contributed by atoms with Gasteiger partial charge in [-0.25, -0.2) is 8.42 Å². The normalized spacial score (nSPS) is 11.9. The molecule has 4 aromatic carbocycles. The Morgan fingerprint density at radius 2 is 1.32 bits per heavy atom. The predicted molar refractivity (Wildman–Crippen MR) is 173 cm³/mol. The van der Waals surface area contributed by atoms with Gasteiger partial charge in [0.15, 0.2) is 0 Å².